The summed E-state index contributed by atoms with van der Waals surface area (Å²) in [5, 5.41) is 0.499. The average Bonchev–Trinajstić information content (AvgIpc) is 2.59. The van der Waals surface area contributed by atoms with Crippen LogP contribution in [0, 0.1) is 17.5 Å². The van der Waals surface area contributed by atoms with Gasteiger partial charge >= 0.3 is 149 Å². The Kier molecular flexibility index (Phi) is 4.88. The number of benzene rings is 3. The van der Waals surface area contributed by atoms with Crippen LogP contribution in [-0.2, 0) is 9.74 Å². The van der Waals surface area contributed by atoms with Crippen molar-refractivity contribution in [2.45, 2.75) is 0 Å². The van der Waals surface area contributed by atoms with Crippen LogP contribution >= 0.6 is 6.46 Å². The molecule has 0 saturated heterocycles. The van der Waals surface area contributed by atoms with Crippen molar-refractivity contribution in [3.63, 3.8) is 0 Å². The van der Waals surface area contributed by atoms with Crippen LogP contribution in [0.25, 0.3) is 0 Å². The normalized spacial score (nSPS) is 12.8. The fourth-order valence-electron chi connectivity index (χ4n) is 3.00. The van der Waals surface area contributed by atoms with Crippen LogP contribution in [0.4, 0.5) is 13.2 Å². The van der Waals surface area contributed by atoms with Crippen molar-refractivity contribution in [3.05, 3.63) is 90.2 Å². The van der Waals surface area contributed by atoms with Crippen molar-refractivity contribution in [3.8, 4) is 0 Å². The summed E-state index contributed by atoms with van der Waals surface area (Å²) < 4.78 is 75.7. The Hall–Kier alpha value is -2.21. The van der Waals surface area contributed by atoms with Crippen LogP contribution in [0.1, 0.15) is 0 Å². The Labute approximate surface area is 149 Å². The molecule has 0 saturated carbocycles. The van der Waals surface area contributed by atoms with E-state index >= 15 is 0 Å². The van der Waals surface area contributed by atoms with E-state index < -0.39 is 33.7 Å². The molecule has 136 valence electrons. The molecule has 8 heteroatoms. The summed E-state index contributed by atoms with van der Waals surface area (Å²) in [5.74, 6) is -1.74. The summed E-state index contributed by atoms with van der Waals surface area (Å²) in [7, 11) is -4.75. The van der Waals surface area contributed by atoms with Crippen LogP contribution in [0.3, 0.4) is 0 Å². The van der Waals surface area contributed by atoms with Gasteiger partial charge in [0, 0.05) is 0 Å². The van der Waals surface area contributed by atoms with Gasteiger partial charge in [-0.1, -0.05) is 0 Å². The van der Waals surface area contributed by atoms with Gasteiger partial charge in [0.2, 0.25) is 0 Å². The Morgan fingerprint density at radius 1 is 0.577 bits per heavy atom. The molecule has 0 amide bonds. The molecule has 0 aliphatic rings. The Morgan fingerprint density at radius 3 is 1.00 bits per heavy atom. The van der Waals surface area contributed by atoms with Crippen molar-refractivity contribution < 1.29 is 26.1 Å². The van der Waals surface area contributed by atoms with Gasteiger partial charge in [-0.25, -0.2) is 0 Å². The molecule has 3 aromatic rings. The molecule has 0 radical (unpaired) electrons. The van der Waals surface area contributed by atoms with Gasteiger partial charge in [-0.05, 0) is 0 Å². The number of hydrogen-bond donors (Lipinski definition) is 1. The zero-order valence-electron chi connectivity index (χ0n) is 13.2. The van der Waals surface area contributed by atoms with Crippen LogP contribution in [0.5, 0.6) is 0 Å². The Morgan fingerprint density at radius 2 is 0.808 bits per heavy atom. The van der Waals surface area contributed by atoms with Crippen molar-refractivity contribution in [1.82, 2.24) is 0 Å². The van der Waals surface area contributed by atoms with E-state index in [1.165, 1.54) is 36.4 Å². The third kappa shape index (κ3) is 3.14. The molecule has 0 aromatic heterocycles. The first kappa shape index (κ1) is 18.6. The first-order valence-corrected chi connectivity index (χ1v) is 11.7. The summed E-state index contributed by atoms with van der Waals surface area (Å²) >= 11 is 0. The minimum absolute atomic E-state index is 0.166. The molecule has 0 spiro atoms. The van der Waals surface area contributed by atoms with Crippen LogP contribution in [0.15, 0.2) is 72.8 Å². The van der Waals surface area contributed by atoms with Crippen LogP contribution in [0.2, 0.25) is 0 Å². The average molecular weight is 398 g/mol. The minimum atomic E-state index is -4.75. The summed E-state index contributed by atoms with van der Waals surface area (Å²) in [5.41, 5.74) is 0. The maximum absolute atomic E-state index is 13.4. The van der Waals surface area contributed by atoms with E-state index in [4.69, 9.17) is 0 Å². The van der Waals surface area contributed by atoms with E-state index in [0.29, 0.717) is 0 Å². The van der Waals surface area contributed by atoms with Crippen molar-refractivity contribution in [2.75, 3.05) is 0 Å². The molecule has 0 bridgehead atoms. The summed E-state index contributed by atoms with van der Waals surface area (Å²) in [6.07, 6.45) is 0. The summed E-state index contributed by atoms with van der Waals surface area (Å²) in [6.45, 7) is -4.17. The van der Waals surface area contributed by atoms with Gasteiger partial charge in [-0.3, -0.25) is 0 Å². The molecule has 1 N–H and O–H groups in total. The van der Waals surface area contributed by atoms with Gasteiger partial charge in [-0.2, -0.15) is 0 Å². The monoisotopic (exact) mass is 398 g/mol. The van der Waals surface area contributed by atoms with Gasteiger partial charge in [-0.15, -0.1) is 0 Å². The molecule has 3 nitrogen and oxygen atoms in total. The van der Waals surface area contributed by atoms with Gasteiger partial charge < -0.3 is 0 Å². The van der Waals surface area contributed by atoms with E-state index in [-0.39, 0.29) is 15.9 Å². The fraction of sp³-hybridized carbons (Fsp3) is 0. The second kappa shape index (κ2) is 6.83. The molecular weight excluding hydrogens is 384 g/mol. The molecular formula is C18H14F3O3PS. The van der Waals surface area contributed by atoms with E-state index in [1.807, 2.05) is 0 Å². The number of hydrogen-bond acceptors (Lipinski definition) is 2. The molecule has 0 unspecified atom stereocenters. The second-order valence-corrected chi connectivity index (χ2v) is 13.1. The predicted octanol–water partition coefficient (Wildman–Crippen LogP) is 2.93. The van der Waals surface area contributed by atoms with E-state index in [9.17, 15) is 26.1 Å². The molecule has 0 heterocycles. The summed E-state index contributed by atoms with van der Waals surface area (Å²) in [6, 6.07) is 14.1. The first-order valence-electron chi connectivity index (χ1n) is 7.50. The maximum atomic E-state index is 13.4. The van der Waals surface area contributed by atoms with Gasteiger partial charge in [0.05, 0.1) is 0 Å². The standard InChI is InChI=1S/C18H14F3O3PS/c19-13-1-7-16(8-2-13)25(26(22,23)24,17-9-3-14(20)4-10-17)18-11-5-15(21)6-12-18/h1-12,25H,(H,22,23,24). The van der Waals surface area contributed by atoms with E-state index in [0.717, 1.165) is 36.4 Å². The van der Waals surface area contributed by atoms with Gasteiger partial charge in [0.1, 0.15) is 0 Å². The quantitative estimate of drug-likeness (QED) is 0.543. The van der Waals surface area contributed by atoms with E-state index in [1.54, 1.807) is 0 Å². The topological polar surface area (TPSA) is 54.4 Å². The molecule has 3 aromatic carbocycles. The fourth-order valence-corrected chi connectivity index (χ4v) is 10.7. The van der Waals surface area contributed by atoms with Crippen molar-refractivity contribution in [1.29, 1.82) is 0 Å². The molecule has 0 aliphatic heterocycles. The molecule has 0 fully saturated rings. The Bertz CT molecular complexity index is 908. The third-order valence-electron chi connectivity index (χ3n) is 4.14. The summed E-state index contributed by atoms with van der Waals surface area (Å²) in [4.78, 5) is 0. The van der Waals surface area contributed by atoms with Crippen molar-refractivity contribution in [2.24, 2.45) is 0 Å². The van der Waals surface area contributed by atoms with Gasteiger partial charge in [0.15, 0.2) is 0 Å². The Balaban J connectivity index is 2.44. The van der Waals surface area contributed by atoms with Crippen LogP contribution in [-0.4, -0.2) is 13.0 Å². The molecule has 0 atom stereocenters. The van der Waals surface area contributed by atoms with E-state index in [2.05, 4.69) is 0 Å². The number of rotatable bonds is 4. The van der Waals surface area contributed by atoms with Gasteiger partial charge in [0.25, 0.3) is 0 Å². The zero-order valence-corrected chi connectivity index (χ0v) is 15.1. The predicted molar refractivity (Wildman–Crippen MR) is 98.0 cm³/mol. The van der Waals surface area contributed by atoms with Crippen molar-refractivity contribution >= 4 is 32.1 Å². The number of halogens is 3. The first-order chi connectivity index (χ1) is 12.2. The third-order valence-corrected chi connectivity index (χ3v) is 12.8. The SMILES string of the molecule is O=S(=O)(O)[PH](c1ccc(F)cc1)(c1ccc(F)cc1)c1ccc(F)cc1. The van der Waals surface area contributed by atoms with Crippen LogP contribution < -0.4 is 15.9 Å². The molecule has 3 rings (SSSR count). The molecule has 26 heavy (non-hydrogen) atoms. The second-order valence-electron chi connectivity index (χ2n) is 5.68. The zero-order chi connectivity index (χ0) is 18.9. The molecule has 0 aliphatic carbocycles.